The molecule has 1 N–H and O–H groups in total. The maximum absolute atomic E-state index is 12.2. The standard InChI is InChI=1S/C16H15Cl2N5OS/c1-2-14-20-21-16(23(14)22-7-3-4-8-22)25-10-15(24)19-13-9-11(17)5-6-12(13)18/h3-9H,2,10H2,1H3,(H,19,24). The number of aryl methyl sites for hydroxylation is 1. The minimum Gasteiger partial charge on any atom is -0.324 e. The lowest BCUT2D eigenvalue weighted by Crippen LogP contribution is -2.16. The highest BCUT2D eigenvalue weighted by Crippen LogP contribution is 2.26. The van der Waals surface area contributed by atoms with E-state index in [9.17, 15) is 4.79 Å². The van der Waals surface area contributed by atoms with Crippen molar-refractivity contribution in [2.75, 3.05) is 11.1 Å². The molecule has 0 aliphatic heterocycles. The van der Waals surface area contributed by atoms with Crippen molar-refractivity contribution in [1.29, 1.82) is 0 Å². The Balaban J connectivity index is 1.71. The lowest BCUT2D eigenvalue weighted by Gasteiger charge is -2.10. The zero-order valence-corrected chi connectivity index (χ0v) is 15.6. The number of nitrogens with one attached hydrogen (secondary N) is 1. The number of carbonyl (C=O) groups excluding carboxylic acids is 1. The van der Waals surface area contributed by atoms with Gasteiger partial charge in [0, 0.05) is 23.8 Å². The molecule has 2 aromatic heterocycles. The van der Waals surface area contributed by atoms with Gasteiger partial charge in [-0.15, -0.1) is 10.2 Å². The molecule has 0 aliphatic carbocycles. The van der Waals surface area contributed by atoms with E-state index in [0.29, 0.717) is 20.9 Å². The number of halogens is 2. The van der Waals surface area contributed by atoms with Gasteiger partial charge in [-0.3, -0.25) is 9.47 Å². The van der Waals surface area contributed by atoms with Gasteiger partial charge in [0.2, 0.25) is 11.1 Å². The Morgan fingerprint density at radius 1 is 1.24 bits per heavy atom. The van der Waals surface area contributed by atoms with Crippen molar-refractivity contribution >= 4 is 46.6 Å². The molecule has 0 atom stereocenters. The van der Waals surface area contributed by atoms with Crippen molar-refractivity contribution in [2.24, 2.45) is 0 Å². The summed E-state index contributed by atoms with van der Waals surface area (Å²) in [5, 5.41) is 12.7. The summed E-state index contributed by atoms with van der Waals surface area (Å²) >= 11 is 13.3. The van der Waals surface area contributed by atoms with Crippen LogP contribution in [-0.2, 0) is 11.2 Å². The number of carbonyl (C=O) groups is 1. The molecule has 6 nitrogen and oxygen atoms in total. The van der Waals surface area contributed by atoms with E-state index in [1.165, 1.54) is 11.8 Å². The molecule has 3 rings (SSSR count). The summed E-state index contributed by atoms with van der Waals surface area (Å²) in [7, 11) is 0. The maximum Gasteiger partial charge on any atom is 0.234 e. The molecule has 0 saturated carbocycles. The Labute approximate surface area is 159 Å². The average molecular weight is 396 g/mol. The Kier molecular flexibility index (Phi) is 5.67. The number of rotatable bonds is 6. The normalized spacial score (nSPS) is 10.8. The number of nitrogens with zero attached hydrogens (tertiary/aromatic N) is 4. The van der Waals surface area contributed by atoms with E-state index in [-0.39, 0.29) is 11.7 Å². The Morgan fingerprint density at radius 3 is 2.72 bits per heavy atom. The molecule has 0 spiro atoms. The van der Waals surface area contributed by atoms with Gasteiger partial charge >= 0.3 is 0 Å². The van der Waals surface area contributed by atoms with Crippen molar-refractivity contribution in [3.8, 4) is 0 Å². The van der Waals surface area contributed by atoms with Crippen LogP contribution in [-0.4, -0.2) is 31.2 Å². The van der Waals surface area contributed by atoms with Crippen LogP contribution in [0.15, 0.2) is 47.9 Å². The summed E-state index contributed by atoms with van der Waals surface area (Å²) in [5.74, 6) is 0.789. The number of anilines is 1. The van der Waals surface area contributed by atoms with Crippen molar-refractivity contribution in [2.45, 2.75) is 18.5 Å². The van der Waals surface area contributed by atoms with E-state index in [1.54, 1.807) is 18.2 Å². The molecule has 1 amide bonds. The summed E-state index contributed by atoms with van der Waals surface area (Å²) in [6, 6.07) is 8.76. The average Bonchev–Trinajstić information content (AvgIpc) is 3.24. The topological polar surface area (TPSA) is 64.7 Å². The van der Waals surface area contributed by atoms with E-state index in [0.717, 1.165) is 12.2 Å². The molecule has 0 unspecified atom stereocenters. The van der Waals surface area contributed by atoms with E-state index in [1.807, 2.05) is 40.8 Å². The van der Waals surface area contributed by atoms with E-state index in [4.69, 9.17) is 23.2 Å². The first kappa shape index (κ1) is 17.8. The number of amides is 1. The molecule has 0 aliphatic rings. The lowest BCUT2D eigenvalue weighted by molar-refractivity contribution is -0.113. The predicted octanol–water partition coefficient (Wildman–Crippen LogP) is 3.99. The molecule has 0 saturated heterocycles. The summed E-state index contributed by atoms with van der Waals surface area (Å²) in [6.45, 7) is 2.01. The summed E-state index contributed by atoms with van der Waals surface area (Å²) in [5.41, 5.74) is 0.487. The maximum atomic E-state index is 12.2. The minimum atomic E-state index is -0.200. The Bertz CT molecular complexity index is 879. The van der Waals surface area contributed by atoms with Crippen molar-refractivity contribution in [3.63, 3.8) is 0 Å². The van der Waals surface area contributed by atoms with Crippen LogP contribution in [0.2, 0.25) is 10.0 Å². The van der Waals surface area contributed by atoms with Crippen LogP contribution in [0, 0.1) is 0 Å². The van der Waals surface area contributed by atoms with Crippen molar-refractivity contribution in [3.05, 3.63) is 58.6 Å². The van der Waals surface area contributed by atoms with Crippen LogP contribution in [0.3, 0.4) is 0 Å². The lowest BCUT2D eigenvalue weighted by atomic mass is 10.3. The van der Waals surface area contributed by atoms with E-state index >= 15 is 0 Å². The van der Waals surface area contributed by atoms with E-state index in [2.05, 4.69) is 15.5 Å². The fourth-order valence-electron chi connectivity index (χ4n) is 2.21. The Morgan fingerprint density at radius 2 is 2.00 bits per heavy atom. The van der Waals surface area contributed by atoms with Crippen LogP contribution in [0.5, 0.6) is 0 Å². The van der Waals surface area contributed by atoms with Gasteiger partial charge in [0.1, 0.15) is 0 Å². The molecule has 130 valence electrons. The Hall–Kier alpha value is -1.96. The van der Waals surface area contributed by atoms with Crippen LogP contribution in [0.25, 0.3) is 0 Å². The second-order valence-corrected chi connectivity index (χ2v) is 6.87. The highest BCUT2D eigenvalue weighted by molar-refractivity contribution is 7.99. The zero-order valence-electron chi connectivity index (χ0n) is 13.3. The third-order valence-electron chi connectivity index (χ3n) is 3.35. The van der Waals surface area contributed by atoms with Gasteiger partial charge in [-0.05, 0) is 30.3 Å². The monoisotopic (exact) mass is 395 g/mol. The van der Waals surface area contributed by atoms with Gasteiger partial charge in [-0.1, -0.05) is 41.9 Å². The SMILES string of the molecule is CCc1nnc(SCC(=O)Nc2cc(Cl)ccc2Cl)n1-n1cccc1. The molecule has 1 aromatic carbocycles. The smallest absolute Gasteiger partial charge is 0.234 e. The first-order valence-corrected chi connectivity index (χ1v) is 9.28. The first-order chi connectivity index (χ1) is 12.1. The molecule has 0 bridgehead atoms. The molecule has 25 heavy (non-hydrogen) atoms. The van der Waals surface area contributed by atoms with Crippen LogP contribution in [0.1, 0.15) is 12.7 Å². The number of hydrogen-bond acceptors (Lipinski definition) is 4. The fourth-order valence-corrected chi connectivity index (χ4v) is 3.30. The highest BCUT2D eigenvalue weighted by Gasteiger charge is 2.15. The van der Waals surface area contributed by atoms with Gasteiger partial charge < -0.3 is 5.32 Å². The van der Waals surface area contributed by atoms with E-state index < -0.39 is 0 Å². The quantitative estimate of drug-likeness (QED) is 0.640. The number of hydrogen-bond donors (Lipinski definition) is 1. The predicted molar refractivity (Wildman–Crippen MR) is 100 cm³/mol. The molecule has 3 aromatic rings. The second kappa shape index (κ2) is 7.95. The van der Waals surface area contributed by atoms with Crippen molar-refractivity contribution in [1.82, 2.24) is 19.5 Å². The number of thioether (sulfide) groups is 1. The summed E-state index contributed by atoms with van der Waals surface area (Å²) in [4.78, 5) is 12.2. The third-order valence-corrected chi connectivity index (χ3v) is 4.83. The van der Waals surface area contributed by atoms with Crippen LogP contribution < -0.4 is 5.32 Å². The van der Waals surface area contributed by atoms with Gasteiger partial charge in [-0.2, -0.15) is 0 Å². The molecule has 9 heteroatoms. The molecular formula is C16H15Cl2N5OS. The van der Waals surface area contributed by atoms with Crippen LogP contribution >= 0.6 is 35.0 Å². The number of aromatic nitrogens is 4. The minimum absolute atomic E-state index is 0.173. The van der Waals surface area contributed by atoms with Gasteiger partial charge in [0.25, 0.3) is 0 Å². The van der Waals surface area contributed by atoms with Gasteiger partial charge in [0.05, 0.1) is 16.5 Å². The summed E-state index contributed by atoms with van der Waals surface area (Å²) in [6.07, 6.45) is 4.53. The third kappa shape index (κ3) is 4.18. The fraction of sp³-hybridized carbons (Fsp3) is 0.188. The highest BCUT2D eigenvalue weighted by atomic mass is 35.5. The molecule has 2 heterocycles. The largest absolute Gasteiger partial charge is 0.324 e. The zero-order chi connectivity index (χ0) is 17.8. The van der Waals surface area contributed by atoms with Gasteiger partial charge in [0.15, 0.2) is 5.82 Å². The summed E-state index contributed by atoms with van der Waals surface area (Å²) < 4.78 is 3.76. The molecule has 0 radical (unpaired) electrons. The number of benzene rings is 1. The van der Waals surface area contributed by atoms with Crippen molar-refractivity contribution < 1.29 is 4.79 Å². The molecular weight excluding hydrogens is 381 g/mol. The molecule has 0 fully saturated rings. The second-order valence-electron chi connectivity index (χ2n) is 5.09. The van der Waals surface area contributed by atoms with Gasteiger partial charge in [-0.25, -0.2) is 4.68 Å². The first-order valence-electron chi connectivity index (χ1n) is 7.54. The van der Waals surface area contributed by atoms with Crippen LogP contribution in [0.4, 0.5) is 5.69 Å².